The minimum atomic E-state index is -0.206. The van der Waals surface area contributed by atoms with Crippen LogP contribution >= 0.6 is 12.2 Å². The van der Waals surface area contributed by atoms with E-state index in [1.165, 1.54) is 12.1 Å². The zero-order valence-corrected chi connectivity index (χ0v) is 15.0. The molecule has 0 spiro atoms. The van der Waals surface area contributed by atoms with Crippen molar-refractivity contribution in [2.45, 2.75) is 6.67 Å². The fraction of sp³-hybridized carbons (Fsp3) is 0.263. The molecule has 1 saturated heterocycles. The zero-order valence-electron chi connectivity index (χ0n) is 14.2. The molecule has 5 nitrogen and oxygen atoms in total. The molecule has 0 amide bonds. The molecular weight excluding hydrogens is 351 g/mol. The van der Waals surface area contributed by atoms with Crippen LogP contribution in [0.3, 0.4) is 0 Å². The Hall–Kier alpha value is -2.51. The molecule has 0 saturated carbocycles. The molecule has 0 unspecified atom stereocenters. The summed E-state index contributed by atoms with van der Waals surface area (Å²) in [6.07, 6.45) is 0. The van der Waals surface area contributed by atoms with E-state index in [-0.39, 0.29) is 5.82 Å². The van der Waals surface area contributed by atoms with Crippen LogP contribution in [0.4, 0.5) is 10.1 Å². The van der Waals surface area contributed by atoms with Gasteiger partial charge in [-0.2, -0.15) is 0 Å². The summed E-state index contributed by atoms with van der Waals surface area (Å²) in [7, 11) is 0. The van der Waals surface area contributed by atoms with Crippen LogP contribution in [0.25, 0.3) is 11.5 Å². The van der Waals surface area contributed by atoms with Crippen molar-refractivity contribution in [3.63, 3.8) is 0 Å². The number of anilines is 1. The molecule has 0 radical (unpaired) electrons. The topological polar surface area (TPSA) is 37.4 Å². The van der Waals surface area contributed by atoms with Gasteiger partial charge in [0.1, 0.15) is 5.82 Å². The summed E-state index contributed by atoms with van der Waals surface area (Å²) in [4.78, 5) is 4.92. The van der Waals surface area contributed by atoms with Crippen LogP contribution in [0, 0.1) is 10.7 Å². The molecule has 0 atom stereocenters. The van der Waals surface area contributed by atoms with E-state index < -0.39 is 0 Å². The van der Waals surface area contributed by atoms with Gasteiger partial charge in [-0.1, -0.05) is 18.2 Å². The summed E-state index contributed by atoms with van der Waals surface area (Å²) in [6, 6.07) is 16.4. The summed E-state index contributed by atoms with van der Waals surface area (Å²) < 4.78 is 20.4. The Morgan fingerprint density at radius 3 is 2.35 bits per heavy atom. The van der Waals surface area contributed by atoms with Gasteiger partial charge >= 0.3 is 0 Å². The number of nitrogens with zero attached hydrogens (tertiary/aromatic N) is 4. The van der Waals surface area contributed by atoms with Gasteiger partial charge < -0.3 is 9.32 Å². The van der Waals surface area contributed by atoms with Crippen molar-refractivity contribution in [2.75, 3.05) is 31.1 Å². The number of hydrogen-bond donors (Lipinski definition) is 0. The first-order valence-electron chi connectivity index (χ1n) is 8.55. The molecule has 1 aliphatic heterocycles. The van der Waals surface area contributed by atoms with Crippen LogP contribution in [-0.4, -0.2) is 40.9 Å². The van der Waals surface area contributed by atoms with E-state index in [1.807, 2.05) is 42.5 Å². The normalized spacial score (nSPS) is 15.3. The van der Waals surface area contributed by atoms with Crippen molar-refractivity contribution in [3.8, 4) is 11.5 Å². The minimum absolute atomic E-state index is 0.206. The molecule has 7 heteroatoms. The predicted octanol–water partition coefficient (Wildman–Crippen LogP) is 3.79. The highest BCUT2D eigenvalue weighted by Gasteiger charge is 2.19. The number of benzene rings is 2. The molecule has 3 aromatic rings. The van der Waals surface area contributed by atoms with Crippen molar-refractivity contribution in [2.24, 2.45) is 0 Å². The first-order valence-corrected chi connectivity index (χ1v) is 8.96. The third-order valence-corrected chi connectivity index (χ3v) is 4.82. The lowest BCUT2D eigenvalue weighted by Crippen LogP contribution is -2.46. The standard InChI is InChI=1S/C19H19FN4OS/c20-16-6-8-17(9-7-16)23-12-10-22(11-13-23)14-24-19(26)25-18(21-24)15-4-2-1-3-5-15/h1-9H,10-14H2. The van der Waals surface area contributed by atoms with E-state index in [2.05, 4.69) is 14.9 Å². The van der Waals surface area contributed by atoms with Gasteiger partial charge in [0.05, 0.1) is 6.67 Å². The first kappa shape index (κ1) is 16.9. The quantitative estimate of drug-likeness (QED) is 0.653. The van der Waals surface area contributed by atoms with Crippen LogP contribution in [0.5, 0.6) is 0 Å². The van der Waals surface area contributed by atoms with Gasteiger partial charge in [-0.15, -0.1) is 5.10 Å². The van der Waals surface area contributed by atoms with Gasteiger partial charge in [0.25, 0.3) is 4.84 Å². The second-order valence-electron chi connectivity index (χ2n) is 6.26. The SMILES string of the molecule is Fc1ccc(N2CCN(Cn3nc(-c4ccccc4)oc3=S)CC2)cc1. The van der Waals surface area contributed by atoms with E-state index in [4.69, 9.17) is 16.6 Å². The Labute approximate surface area is 156 Å². The number of hydrogen-bond acceptors (Lipinski definition) is 5. The highest BCUT2D eigenvalue weighted by molar-refractivity contribution is 7.71. The molecule has 2 aromatic carbocycles. The largest absolute Gasteiger partial charge is 0.409 e. The number of aromatic nitrogens is 2. The molecule has 4 rings (SSSR count). The number of piperazine rings is 1. The number of halogens is 1. The van der Waals surface area contributed by atoms with Crippen molar-refractivity contribution >= 4 is 17.9 Å². The molecule has 134 valence electrons. The molecule has 1 aromatic heterocycles. The molecule has 0 bridgehead atoms. The fourth-order valence-corrected chi connectivity index (χ4v) is 3.26. The average Bonchev–Trinajstić information content (AvgIpc) is 3.04. The molecule has 0 aliphatic carbocycles. The Bertz CT molecular complexity index is 915. The van der Waals surface area contributed by atoms with Gasteiger partial charge in [0, 0.05) is 37.4 Å². The zero-order chi connectivity index (χ0) is 17.9. The lowest BCUT2D eigenvalue weighted by molar-refractivity contribution is 0.192. The second kappa shape index (κ2) is 7.39. The van der Waals surface area contributed by atoms with Crippen LogP contribution in [0.2, 0.25) is 0 Å². The van der Waals surface area contributed by atoms with Crippen molar-refractivity contribution in [1.29, 1.82) is 0 Å². The highest BCUT2D eigenvalue weighted by atomic mass is 32.1. The summed E-state index contributed by atoms with van der Waals surface area (Å²) in [5.74, 6) is 0.336. The Kier molecular flexibility index (Phi) is 4.81. The highest BCUT2D eigenvalue weighted by Crippen LogP contribution is 2.19. The summed E-state index contributed by atoms with van der Waals surface area (Å²) in [5, 5.41) is 4.51. The molecular formula is C19H19FN4OS. The van der Waals surface area contributed by atoms with E-state index in [0.29, 0.717) is 17.4 Å². The molecule has 0 N–H and O–H groups in total. The van der Waals surface area contributed by atoms with Gasteiger partial charge in [-0.05, 0) is 48.6 Å². The van der Waals surface area contributed by atoms with Crippen molar-refractivity contribution in [1.82, 2.24) is 14.7 Å². The third kappa shape index (κ3) is 3.68. The van der Waals surface area contributed by atoms with Gasteiger partial charge in [-0.3, -0.25) is 4.90 Å². The molecule has 1 fully saturated rings. The van der Waals surface area contributed by atoms with Crippen molar-refractivity contribution in [3.05, 3.63) is 65.3 Å². The van der Waals surface area contributed by atoms with E-state index in [9.17, 15) is 4.39 Å². The minimum Gasteiger partial charge on any atom is -0.409 e. The van der Waals surface area contributed by atoms with Gasteiger partial charge in [-0.25, -0.2) is 9.07 Å². The smallest absolute Gasteiger partial charge is 0.288 e. The second-order valence-corrected chi connectivity index (χ2v) is 6.61. The van der Waals surface area contributed by atoms with E-state index in [1.54, 1.807) is 4.68 Å². The maximum atomic E-state index is 13.1. The summed E-state index contributed by atoms with van der Waals surface area (Å²) in [5.41, 5.74) is 1.97. The first-order chi connectivity index (χ1) is 12.7. The Morgan fingerprint density at radius 1 is 0.962 bits per heavy atom. The third-order valence-electron chi connectivity index (χ3n) is 4.53. The van der Waals surface area contributed by atoms with Gasteiger partial charge in [0.15, 0.2) is 0 Å². The Balaban J connectivity index is 1.40. The van der Waals surface area contributed by atoms with Gasteiger partial charge in [0.2, 0.25) is 5.89 Å². The van der Waals surface area contributed by atoms with Crippen molar-refractivity contribution < 1.29 is 8.81 Å². The lowest BCUT2D eigenvalue weighted by Gasteiger charge is -2.35. The van der Waals surface area contributed by atoms with E-state index >= 15 is 0 Å². The summed E-state index contributed by atoms with van der Waals surface area (Å²) in [6.45, 7) is 4.12. The lowest BCUT2D eigenvalue weighted by atomic mass is 10.2. The fourth-order valence-electron chi connectivity index (χ4n) is 3.08. The van der Waals surface area contributed by atoms with Crippen LogP contribution in [0.15, 0.2) is 59.0 Å². The predicted molar refractivity (Wildman–Crippen MR) is 101 cm³/mol. The van der Waals surface area contributed by atoms with E-state index in [0.717, 1.165) is 37.4 Å². The molecule has 26 heavy (non-hydrogen) atoms. The van der Waals surface area contributed by atoms with Crippen LogP contribution in [-0.2, 0) is 6.67 Å². The molecule has 1 aliphatic rings. The van der Waals surface area contributed by atoms with Crippen LogP contribution in [0.1, 0.15) is 0 Å². The average molecular weight is 370 g/mol. The summed E-state index contributed by atoms with van der Waals surface area (Å²) >= 11 is 5.31. The Morgan fingerprint density at radius 2 is 1.65 bits per heavy atom. The number of rotatable bonds is 4. The monoisotopic (exact) mass is 370 g/mol. The van der Waals surface area contributed by atoms with Crippen LogP contribution < -0.4 is 4.90 Å². The maximum absolute atomic E-state index is 13.1. The molecule has 2 heterocycles. The maximum Gasteiger partial charge on any atom is 0.288 e.